The highest BCUT2D eigenvalue weighted by Gasteiger charge is 2.23. The zero-order valence-electron chi connectivity index (χ0n) is 7.03. The van der Waals surface area contributed by atoms with E-state index in [1.165, 1.54) is 12.8 Å². The van der Waals surface area contributed by atoms with E-state index in [2.05, 4.69) is 22.6 Å². The third-order valence-corrected chi connectivity index (χ3v) is 2.82. The number of nitrogens with zero attached hydrogens (tertiary/aromatic N) is 1. The Bertz CT molecular complexity index is 341. The number of hydrogen-bond donors (Lipinski definition) is 1. The third-order valence-electron chi connectivity index (χ3n) is 2.23. The van der Waals surface area contributed by atoms with Crippen molar-refractivity contribution in [2.24, 2.45) is 5.92 Å². The lowest BCUT2D eigenvalue weighted by atomic mass is 10.4. The van der Waals surface area contributed by atoms with Gasteiger partial charge in [-0.1, -0.05) is 0 Å². The molecule has 13 heavy (non-hydrogen) atoms. The first-order chi connectivity index (χ1) is 6.16. The molecule has 1 aliphatic carbocycles. The van der Waals surface area contributed by atoms with Gasteiger partial charge in [-0.3, -0.25) is 0 Å². The Hall–Kier alpha value is -0.520. The molecule has 0 bridgehead atoms. The van der Waals surface area contributed by atoms with Crippen molar-refractivity contribution >= 4 is 28.6 Å². The van der Waals surface area contributed by atoms with Crippen LogP contribution < -0.4 is 0 Å². The van der Waals surface area contributed by atoms with Crippen molar-refractivity contribution in [2.45, 2.75) is 19.4 Å². The van der Waals surface area contributed by atoms with Crippen LogP contribution in [0.2, 0.25) is 0 Å². The minimum atomic E-state index is -0.830. The van der Waals surface area contributed by atoms with Crippen molar-refractivity contribution in [1.29, 1.82) is 0 Å². The molecule has 1 aromatic rings. The summed E-state index contributed by atoms with van der Waals surface area (Å²) < 4.78 is 2.84. The lowest BCUT2D eigenvalue weighted by molar-refractivity contribution is 0.0684. The van der Waals surface area contributed by atoms with Gasteiger partial charge in [0, 0.05) is 16.3 Å². The van der Waals surface area contributed by atoms with Gasteiger partial charge in [0.05, 0.1) is 0 Å². The fourth-order valence-electron chi connectivity index (χ4n) is 1.38. The molecule has 0 aliphatic heterocycles. The highest BCUT2D eigenvalue weighted by molar-refractivity contribution is 14.1. The van der Waals surface area contributed by atoms with Crippen LogP contribution in [0.15, 0.2) is 12.3 Å². The predicted molar refractivity (Wildman–Crippen MR) is 56.8 cm³/mol. The standard InChI is InChI=1S/C9H10INO2/c10-7-3-8(9(12)13)11(5-7)4-6-1-2-6/h3,5-6H,1-2,4H2,(H,12,13). The van der Waals surface area contributed by atoms with Crippen LogP contribution >= 0.6 is 22.6 Å². The van der Waals surface area contributed by atoms with Crippen molar-refractivity contribution in [3.05, 3.63) is 21.5 Å². The minimum absolute atomic E-state index is 0.413. The summed E-state index contributed by atoms with van der Waals surface area (Å²) in [5, 5.41) is 8.89. The van der Waals surface area contributed by atoms with Gasteiger partial charge >= 0.3 is 5.97 Å². The highest BCUT2D eigenvalue weighted by atomic mass is 127. The molecule has 1 N–H and O–H groups in total. The molecule has 0 aromatic carbocycles. The van der Waals surface area contributed by atoms with Gasteiger partial charge in [-0.25, -0.2) is 4.79 Å². The van der Waals surface area contributed by atoms with Crippen molar-refractivity contribution in [3.8, 4) is 0 Å². The number of rotatable bonds is 3. The van der Waals surface area contributed by atoms with E-state index in [-0.39, 0.29) is 0 Å². The van der Waals surface area contributed by atoms with E-state index in [1.807, 2.05) is 10.8 Å². The van der Waals surface area contributed by atoms with Crippen LogP contribution in [0.4, 0.5) is 0 Å². The van der Waals surface area contributed by atoms with Crippen LogP contribution in [0, 0.1) is 9.49 Å². The van der Waals surface area contributed by atoms with E-state index in [4.69, 9.17) is 5.11 Å². The second-order valence-electron chi connectivity index (χ2n) is 3.44. The summed E-state index contributed by atoms with van der Waals surface area (Å²) in [7, 11) is 0. The zero-order chi connectivity index (χ0) is 9.42. The number of aromatic carboxylic acids is 1. The van der Waals surface area contributed by atoms with Gasteiger partial charge < -0.3 is 9.67 Å². The molecule has 0 saturated heterocycles. The Morgan fingerprint density at radius 2 is 2.38 bits per heavy atom. The van der Waals surface area contributed by atoms with Crippen LogP contribution in [0.5, 0.6) is 0 Å². The van der Waals surface area contributed by atoms with E-state index in [1.54, 1.807) is 6.07 Å². The lowest BCUT2D eigenvalue weighted by Crippen LogP contribution is -2.08. The van der Waals surface area contributed by atoms with Crippen molar-refractivity contribution in [3.63, 3.8) is 0 Å². The maximum absolute atomic E-state index is 10.8. The lowest BCUT2D eigenvalue weighted by Gasteiger charge is -2.03. The smallest absolute Gasteiger partial charge is 0.352 e. The van der Waals surface area contributed by atoms with Crippen LogP contribution in [0.3, 0.4) is 0 Å². The first-order valence-corrected chi connectivity index (χ1v) is 5.33. The first kappa shape index (κ1) is 9.05. The normalized spacial score (nSPS) is 16.1. The molecule has 0 radical (unpaired) electrons. The predicted octanol–water partition coefficient (Wildman–Crippen LogP) is 2.20. The molecule has 4 heteroatoms. The van der Waals surface area contributed by atoms with Gasteiger partial charge in [0.25, 0.3) is 0 Å². The Balaban J connectivity index is 2.24. The SMILES string of the molecule is O=C(O)c1cc(I)cn1CC1CC1. The summed E-state index contributed by atoms with van der Waals surface area (Å²) in [5.41, 5.74) is 0.413. The summed E-state index contributed by atoms with van der Waals surface area (Å²) in [6.07, 6.45) is 4.39. The fourth-order valence-corrected chi connectivity index (χ4v) is 2.01. The molecule has 3 nitrogen and oxygen atoms in total. The summed E-state index contributed by atoms with van der Waals surface area (Å²) in [6, 6.07) is 1.71. The monoisotopic (exact) mass is 291 g/mol. The van der Waals surface area contributed by atoms with Crippen LogP contribution in [0.1, 0.15) is 23.3 Å². The molecule has 0 atom stereocenters. The molecule has 0 spiro atoms. The highest BCUT2D eigenvalue weighted by Crippen LogP contribution is 2.31. The van der Waals surface area contributed by atoms with Gasteiger partial charge in [0.2, 0.25) is 0 Å². The second kappa shape index (κ2) is 3.32. The number of carboxylic acid groups (broad SMARTS) is 1. The number of carbonyl (C=O) groups is 1. The Kier molecular flexibility index (Phi) is 2.31. The van der Waals surface area contributed by atoms with Crippen LogP contribution in [0.25, 0.3) is 0 Å². The quantitative estimate of drug-likeness (QED) is 0.867. The number of halogens is 1. The first-order valence-electron chi connectivity index (χ1n) is 4.26. The summed E-state index contributed by atoms with van der Waals surface area (Å²) in [5.74, 6) is -0.120. The minimum Gasteiger partial charge on any atom is -0.477 e. The summed E-state index contributed by atoms with van der Waals surface area (Å²) in [6.45, 7) is 0.866. The molecule has 70 valence electrons. The zero-order valence-corrected chi connectivity index (χ0v) is 9.19. The van der Waals surface area contributed by atoms with Gasteiger partial charge in [-0.15, -0.1) is 0 Å². The number of carboxylic acids is 1. The molecule has 0 unspecified atom stereocenters. The topological polar surface area (TPSA) is 42.2 Å². The molecule has 1 saturated carbocycles. The molecule has 0 amide bonds. The molecule has 1 aliphatic rings. The van der Waals surface area contributed by atoms with Gasteiger partial charge in [-0.05, 0) is 47.4 Å². The maximum Gasteiger partial charge on any atom is 0.352 e. The van der Waals surface area contributed by atoms with E-state index < -0.39 is 5.97 Å². The van der Waals surface area contributed by atoms with Gasteiger partial charge in [0.1, 0.15) is 5.69 Å². The average Bonchev–Trinajstić information content (AvgIpc) is 2.75. The van der Waals surface area contributed by atoms with E-state index in [9.17, 15) is 4.79 Å². The van der Waals surface area contributed by atoms with Crippen LogP contribution in [-0.2, 0) is 6.54 Å². The van der Waals surface area contributed by atoms with E-state index in [0.29, 0.717) is 11.6 Å². The molecule has 1 fully saturated rings. The average molecular weight is 291 g/mol. The third kappa shape index (κ3) is 2.04. The Morgan fingerprint density at radius 3 is 2.92 bits per heavy atom. The maximum atomic E-state index is 10.8. The summed E-state index contributed by atoms with van der Waals surface area (Å²) in [4.78, 5) is 10.8. The van der Waals surface area contributed by atoms with Crippen molar-refractivity contribution in [1.82, 2.24) is 4.57 Å². The number of hydrogen-bond acceptors (Lipinski definition) is 1. The molecular weight excluding hydrogens is 281 g/mol. The second-order valence-corrected chi connectivity index (χ2v) is 4.69. The van der Waals surface area contributed by atoms with Gasteiger partial charge in [-0.2, -0.15) is 0 Å². The largest absolute Gasteiger partial charge is 0.477 e. The van der Waals surface area contributed by atoms with E-state index in [0.717, 1.165) is 10.1 Å². The molecule has 1 heterocycles. The van der Waals surface area contributed by atoms with Crippen molar-refractivity contribution in [2.75, 3.05) is 0 Å². The molecule has 1 aromatic heterocycles. The Morgan fingerprint density at radius 1 is 1.69 bits per heavy atom. The molecule has 2 rings (SSSR count). The fraction of sp³-hybridized carbons (Fsp3) is 0.444. The Labute approximate surface area is 89.9 Å². The number of aromatic nitrogens is 1. The van der Waals surface area contributed by atoms with E-state index >= 15 is 0 Å². The summed E-state index contributed by atoms with van der Waals surface area (Å²) >= 11 is 2.14. The molecular formula is C9H10INO2. The van der Waals surface area contributed by atoms with Crippen molar-refractivity contribution < 1.29 is 9.90 Å². The van der Waals surface area contributed by atoms with Gasteiger partial charge in [0.15, 0.2) is 0 Å². The van der Waals surface area contributed by atoms with Crippen LogP contribution in [-0.4, -0.2) is 15.6 Å².